The number of rotatable bonds is 4. The van der Waals surface area contributed by atoms with Crippen LogP contribution in [0.3, 0.4) is 0 Å². The molecule has 0 atom stereocenters. The van der Waals surface area contributed by atoms with Crippen molar-refractivity contribution in [2.75, 3.05) is 0 Å². The number of benzene rings is 1. The fourth-order valence-corrected chi connectivity index (χ4v) is 1.20. The molecule has 0 fully saturated rings. The monoisotopic (exact) mass is 218 g/mol. The molecule has 0 heterocycles. The quantitative estimate of drug-likeness (QED) is 0.749. The van der Waals surface area contributed by atoms with Gasteiger partial charge in [0.25, 0.3) is 0 Å². The molecule has 0 amide bonds. The Kier molecular flexibility index (Phi) is 4.04. The second kappa shape index (κ2) is 5.08. The summed E-state index contributed by atoms with van der Waals surface area (Å²) in [5.41, 5.74) is 1.38. The molecule has 0 radical (unpaired) electrons. The van der Waals surface area contributed by atoms with Crippen molar-refractivity contribution in [1.82, 2.24) is 0 Å². The summed E-state index contributed by atoms with van der Waals surface area (Å²) in [6.45, 7) is 0.606. The largest absolute Gasteiger partial charge is 0.345 e. The summed E-state index contributed by atoms with van der Waals surface area (Å²) in [4.78, 5) is 0. The molecule has 4 heteroatoms. The van der Waals surface area contributed by atoms with Crippen LogP contribution in [0, 0.1) is 0 Å². The van der Waals surface area contributed by atoms with Crippen molar-refractivity contribution in [3.8, 4) is 0 Å². The lowest BCUT2D eigenvalue weighted by Gasteiger charge is -2.05. The number of hydrogen-bond acceptors (Lipinski definition) is 1. The van der Waals surface area contributed by atoms with Crippen molar-refractivity contribution >= 4 is 17.7 Å². The predicted molar refractivity (Wildman–Crippen MR) is 52.3 cm³/mol. The van der Waals surface area contributed by atoms with Crippen molar-refractivity contribution in [2.45, 2.75) is 13.2 Å². The zero-order valence-corrected chi connectivity index (χ0v) is 8.10. The molecule has 0 N–H and O–H groups in total. The molecule has 0 saturated carbocycles. The molecule has 0 saturated heterocycles. The average molecular weight is 219 g/mol. The summed E-state index contributed by atoms with van der Waals surface area (Å²) in [5, 5.41) is 0.406. The van der Waals surface area contributed by atoms with E-state index in [2.05, 4.69) is 11.3 Å². The van der Waals surface area contributed by atoms with Crippen LogP contribution in [0.1, 0.15) is 11.1 Å². The lowest BCUT2D eigenvalue weighted by molar-refractivity contribution is -0.137. The van der Waals surface area contributed by atoms with Gasteiger partial charge in [-0.15, -0.1) is 0 Å². The molecular weight excluding hydrogens is 210 g/mol. The first-order valence-electron chi connectivity index (χ1n) is 3.94. The Morgan fingerprint density at radius 2 is 2.21 bits per heavy atom. The minimum absolute atomic E-state index is 0.187. The SMILES string of the molecule is C=Cc1ccc(COC(F)F)c(Cl)c1. The molecular formula is C10H9ClF2O. The van der Waals surface area contributed by atoms with Crippen LogP contribution in [0.2, 0.25) is 5.02 Å². The highest BCUT2D eigenvalue weighted by molar-refractivity contribution is 6.31. The van der Waals surface area contributed by atoms with Gasteiger partial charge in [0, 0.05) is 5.02 Å². The summed E-state index contributed by atoms with van der Waals surface area (Å²) in [5.74, 6) is 0. The summed E-state index contributed by atoms with van der Waals surface area (Å²) < 4.78 is 27.6. The molecule has 1 rings (SSSR count). The summed E-state index contributed by atoms with van der Waals surface area (Å²) in [7, 11) is 0. The predicted octanol–water partition coefficient (Wildman–Crippen LogP) is 3.72. The van der Waals surface area contributed by atoms with Crippen LogP contribution in [0.4, 0.5) is 8.78 Å². The molecule has 1 aromatic rings. The Bertz CT molecular complexity index is 326. The lowest BCUT2D eigenvalue weighted by atomic mass is 10.1. The Morgan fingerprint density at radius 3 is 2.71 bits per heavy atom. The standard InChI is InChI=1S/C10H9ClF2O/c1-2-7-3-4-8(9(11)5-7)6-14-10(12)13/h2-5,10H,1,6H2. The van der Waals surface area contributed by atoms with Crippen molar-refractivity contribution < 1.29 is 13.5 Å². The van der Waals surface area contributed by atoms with Crippen LogP contribution in [0.25, 0.3) is 6.08 Å². The third-order valence-corrected chi connectivity index (χ3v) is 2.03. The van der Waals surface area contributed by atoms with Gasteiger partial charge in [0.1, 0.15) is 0 Å². The van der Waals surface area contributed by atoms with Crippen LogP contribution in [-0.4, -0.2) is 6.61 Å². The number of alkyl halides is 2. The fraction of sp³-hybridized carbons (Fsp3) is 0.200. The topological polar surface area (TPSA) is 9.23 Å². The average Bonchev–Trinajstić information content (AvgIpc) is 2.15. The van der Waals surface area contributed by atoms with Gasteiger partial charge in [0.2, 0.25) is 0 Å². The van der Waals surface area contributed by atoms with Gasteiger partial charge in [0.05, 0.1) is 6.61 Å². The van der Waals surface area contributed by atoms with Gasteiger partial charge in [-0.25, -0.2) is 0 Å². The highest BCUT2D eigenvalue weighted by Gasteiger charge is 2.05. The maximum atomic E-state index is 11.7. The normalized spacial score (nSPS) is 10.6. The number of hydrogen-bond donors (Lipinski definition) is 0. The molecule has 0 aromatic heterocycles. The Balaban J connectivity index is 2.73. The molecule has 0 aliphatic rings. The van der Waals surface area contributed by atoms with Crippen molar-refractivity contribution in [3.05, 3.63) is 40.9 Å². The van der Waals surface area contributed by atoms with E-state index in [4.69, 9.17) is 11.6 Å². The van der Waals surface area contributed by atoms with Gasteiger partial charge in [-0.2, -0.15) is 8.78 Å². The highest BCUT2D eigenvalue weighted by atomic mass is 35.5. The third-order valence-electron chi connectivity index (χ3n) is 1.68. The Hall–Kier alpha value is -0.930. The number of halogens is 3. The van der Waals surface area contributed by atoms with Crippen molar-refractivity contribution in [2.24, 2.45) is 0 Å². The second-order valence-electron chi connectivity index (χ2n) is 2.63. The van der Waals surface area contributed by atoms with E-state index in [1.54, 1.807) is 24.3 Å². The molecule has 1 aromatic carbocycles. The molecule has 1 nitrogen and oxygen atoms in total. The fourth-order valence-electron chi connectivity index (χ4n) is 0.960. The van der Waals surface area contributed by atoms with Gasteiger partial charge in [0.15, 0.2) is 0 Å². The molecule has 0 unspecified atom stereocenters. The molecule has 0 spiro atoms. The Morgan fingerprint density at radius 1 is 1.50 bits per heavy atom. The first-order chi connectivity index (χ1) is 6.63. The minimum Gasteiger partial charge on any atom is -0.318 e. The van der Waals surface area contributed by atoms with E-state index in [0.29, 0.717) is 10.6 Å². The van der Waals surface area contributed by atoms with E-state index in [-0.39, 0.29) is 6.61 Å². The highest BCUT2D eigenvalue weighted by Crippen LogP contribution is 2.20. The molecule has 0 bridgehead atoms. The van der Waals surface area contributed by atoms with E-state index in [1.165, 1.54) is 0 Å². The maximum absolute atomic E-state index is 11.7. The van der Waals surface area contributed by atoms with Crippen LogP contribution in [0.15, 0.2) is 24.8 Å². The molecule has 0 aliphatic heterocycles. The van der Waals surface area contributed by atoms with Gasteiger partial charge in [-0.3, -0.25) is 0 Å². The zero-order valence-electron chi connectivity index (χ0n) is 7.34. The van der Waals surface area contributed by atoms with E-state index >= 15 is 0 Å². The summed E-state index contributed by atoms with van der Waals surface area (Å²) in [6, 6.07) is 5.03. The molecule has 14 heavy (non-hydrogen) atoms. The maximum Gasteiger partial charge on any atom is 0.345 e. The van der Waals surface area contributed by atoms with Crippen molar-refractivity contribution in [3.63, 3.8) is 0 Å². The van der Waals surface area contributed by atoms with E-state index in [1.807, 2.05) is 0 Å². The first kappa shape index (κ1) is 11.1. The van der Waals surface area contributed by atoms with Crippen LogP contribution < -0.4 is 0 Å². The van der Waals surface area contributed by atoms with E-state index < -0.39 is 6.61 Å². The summed E-state index contributed by atoms with van der Waals surface area (Å²) in [6.07, 6.45) is 1.63. The molecule has 0 aliphatic carbocycles. The minimum atomic E-state index is -2.77. The smallest absolute Gasteiger partial charge is 0.318 e. The van der Waals surface area contributed by atoms with E-state index in [0.717, 1.165) is 5.56 Å². The molecule has 76 valence electrons. The van der Waals surface area contributed by atoms with Crippen LogP contribution >= 0.6 is 11.6 Å². The van der Waals surface area contributed by atoms with E-state index in [9.17, 15) is 8.78 Å². The van der Waals surface area contributed by atoms with Gasteiger partial charge in [-0.1, -0.05) is 36.4 Å². The van der Waals surface area contributed by atoms with Gasteiger partial charge < -0.3 is 4.74 Å². The number of ether oxygens (including phenoxy) is 1. The third kappa shape index (κ3) is 3.09. The Labute approximate surface area is 85.9 Å². The van der Waals surface area contributed by atoms with Crippen LogP contribution in [0.5, 0.6) is 0 Å². The second-order valence-corrected chi connectivity index (χ2v) is 3.03. The summed E-state index contributed by atoms with van der Waals surface area (Å²) >= 11 is 5.82. The zero-order chi connectivity index (χ0) is 10.6. The van der Waals surface area contributed by atoms with Crippen LogP contribution in [-0.2, 0) is 11.3 Å². The van der Waals surface area contributed by atoms with Gasteiger partial charge >= 0.3 is 6.61 Å². The van der Waals surface area contributed by atoms with Crippen molar-refractivity contribution in [1.29, 1.82) is 0 Å². The first-order valence-corrected chi connectivity index (χ1v) is 4.32. The van der Waals surface area contributed by atoms with Gasteiger partial charge in [-0.05, 0) is 17.2 Å². The lowest BCUT2D eigenvalue weighted by Crippen LogP contribution is -1.99.